The summed E-state index contributed by atoms with van der Waals surface area (Å²) < 4.78 is 29.5. The van der Waals surface area contributed by atoms with Gasteiger partial charge in [0.15, 0.2) is 0 Å². The SMILES string of the molecule is CC(C)=CCC/C(C)=C/CC/C(C)=C\CC/C(C)=C\CC/C(C)=C\CC/C(C)=C\CC/C(C)=C\CC/C(C)=C\COP(=O)([O-])OP(=O)([O-])[O-]. The zero-order valence-electron chi connectivity index (χ0n) is 32.0. The summed E-state index contributed by atoms with van der Waals surface area (Å²) in [5, 5.41) is 0. The van der Waals surface area contributed by atoms with Crippen molar-refractivity contribution in [2.45, 2.75) is 152 Å². The Morgan fingerprint density at radius 2 is 0.673 bits per heavy atom. The fourth-order valence-electron chi connectivity index (χ4n) is 5.00. The first-order valence-corrected chi connectivity index (χ1v) is 20.7. The van der Waals surface area contributed by atoms with Gasteiger partial charge in [-0.15, -0.1) is 0 Å². The monoisotopic (exact) mass is 719 g/mol. The third-order valence-corrected chi connectivity index (χ3v) is 10.2. The second-order valence-corrected chi connectivity index (χ2v) is 16.4. The minimum absolute atomic E-state index is 0.390. The molecule has 0 aromatic carbocycles. The van der Waals surface area contributed by atoms with Gasteiger partial charge in [-0.25, -0.2) is 0 Å². The van der Waals surface area contributed by atoms with Crippen LogP contribution in [0.15, 0.2) is 93.2 Å². The molecule has 7 nitrogen and oxygen atoms in total. The van der Waals surface area contributed by atoms with Gasteiger partial charge in [-0.1, -0.05) is 93.2 Å². The highest BCUT2D eigenvalue weighted by Gasteiger charge is 2.10. The van der Waals surface area contributed by atoms with E-state index in [0.717, 1.165) is 89.0 Å². The fraction of sp³-hybridized carbons (Fsp3) is 0.600. The van der Waals surface area contributed by atoms with E-state index in [1.54, 1.807) is 0 Å². The lowest BCUT2D eigenvalue weighted by atomic mass is 10.0. The van der Waals surface area contributed by atoms with Gasteiger partial charge in [-0.3, -0.25) is 8.88 Å². The summed E-state index contributed by atoms with van der Waals surface area (Å²) >= 11 is 0. The first-order chi connectivity index (χ1) is 22.9. The summed E-state index contributed by atoms with van der Waals surface area (Å²) in [6, 6.07) is 0. The Kier molecular flexibility index (Phi) is 25.9. The Labute approximate surface area is 299 Å². The van der Waals surface area contributed by atoms with E-state index in [0.29, 0.717) is 6.42 Å². The molecular weight excluding hydrogens is 654 g/mol. The molecule has 0 aliphatic carbocycles. The number of hydrogen-bond donors (Lipinski definition) is 0. The smallest absolute Gasteiger partial charge is 0.272 e. The molecule has 1 unspecified atom stereocenters. The van der Waals surface area contributed by atoms with Crippen LogP contribution in [-0.4, -0.2) is 6.61 Å². The average molecular weight is 720 g/mol. The summed E-state index contributed by atoms with van der Waals surface area (Å²) in [6.07, 6.45) is 32.6. The highest BCUT2D eigenvalue weighted by atomic mass is 31.3. The van der Waals surface area contributed by atoms with E-state index in [9.17, 15) is 23.8 Å². The second-order valence-electron chi connectivity index (χ2n) is 13.7. The van der Waals surface area contributed by atoms with Crippen LogP contribution in [0.2, 0.25) is 0 Å². The predicted octanol–water partition coefficient (Wildman–Crippen LogP) is 11.4. The van der Waals surface area contributed by atoms with Crippen molar-refractivity contribution in [2.24, 2.45) is 0 Å². The molecule has 0 rings (SSSR count). The molecule has 0 bridgehead atoms. The van der Waals surface area contributed by atoms with Crippen LogP contribution in [-0.2, 0) is 18.0 Å². The van der Waals surface area contributed by atoms with Gasteiger partial charge < -0.3 is 23.8 Å². The maximum atomic E-state index is 11.3. The van der Waals surface area contributed by atoms with Crippen molar-refractivity contribution in [1.82, 2.24) is 0 Å². The molecule has 0 saturated heterocycles. The molecule has 0 aromatic rings. The van der Waals surface area contributed by atoms with Gasteiger partial charge in [-0.05, 0) is 152 Å². The van der Waals surface area contributed by atoms with Crippen molar-refractivity contribution in [3.8, 4) is 0 Å². The predicted molar refractivity (Wildman–Crippen MR) is 203 cm³/mol. The zero-order valence-corrected chi connectivity index (χ0v) is 33.8. The molecule has 0 amide bonds. The van der Waals surface area contributed by atoms with Crippen molar-refractivity contribution < 1.29 is 32.6 Å². The summed E-state index contributed by atoms with van der Waals surface area (Å²) in [6.45, 7) is 19.1. The van der Waals surface area contributed by atoms with E-state index < -0.39 is 15.6 Å². The minimum atomic E-state index is -5.66. The van der Waals surface area contributed by atoms with Crippen LogP contribution in [0.4, 0.5) is 0 Å². The average Bonchev–Trinajstić information content (AvgIpc) is 2.95. The van der Waals surface area contributed by atoms with Gasteiger partial charge in [0, 0.05) is 0 Å². The first-order valence-electron chi connectivity index (χ1n) is 17.8. The van der Waals surface area contributed by atoms with Crippen LogP contribution in [0.3, 0.4) is 0 Å². The molecule has 0 aromatic heterocycles. The van der Waals surface area contributed by atoms with Gasteiger partial charge >= 0.3 is 0 Å². The Morgan fingerprint density at radius 3 is 0.918 bits per heavy atom. The van der Waals surface area contributed by atoms with Crippen LogP contribution < -0.4 is 14.7 Å². The topological polar surface area (TPSA) is 122 Å². The Morgan fingerprint density at radius 1 is 0.429 bits per heavy atom. The van der Waals surface area contributed by atoms with Crippen molar-refractivity contribution in [3.05, 3.63) is 93.2 Å². The van der Waals surface area contributed by atoms with Gasteiger partial charge in [-0.2, -0.15) is 0 Å². The quantitative estimate of drug-likeness (QED) is 0.0644. The summed E-state index contributed by atoms with van der Waals surface area (Å²) in [5.41, 5.74) is 10.9. The van der Waals surface area contributed by atoms with E-state index in [1.165, 1.54) is 45.1 Å². The molecular formula is C40H65O7P2-3. The molecule has 0 radical (unpaired) electrons. The first kappa shape index (κ1) is 47.2. The third kappa shape index (κ3) is 31.9. The van der Waals surface area contributed by atoms with Gasteiger partial charge in [0.25, 0.3) is 7.82 Å². The molecule has 0 heterocycles. The maximum Gasteiger partial charge on any atom is 0.272 e. The normalized spacial score (nSPS) is 15.9. The van der Waals surface area contributed by atoms with Crippen molar-refractivity contribution in [1.29, 1.82) is 0 Å². The standard InChI is InChI=1S/C40H68O7P2/c1-33(2)17-10-18-34(3)19-11-20-35(4)21-12-22-36(5)23-13-24-37(6)25-14-26-38(7)27-15-28-39(8)29-16-30-40(9)31-32-46-49(44,45)47-48(41,42)43/h17,19,21,23,25,27,29,31H,10-16,18,20,22,24,26,28,30,32H2,1-9H3,(H,44,45)(H2,41,42,43)/p-3/b34-19+,35-21-,36-23-,37-25-,38-27-,39-29-,40-31-. The third-order valence-electron chi connectivity index (χ3n) is 8.14. The summed E-state index contributed by atoms with van der Waals surface area (Å²) in [7, 11) is -10.8. The van der Waals surface area contributed by atoms with Gasteiger partial charge in [0.05, 0.1) is 14.4 Å². The molecule has 49 heavy (non-hydrogen) atoms. The lowest BCUT2D eigenvalue weighted by Crippen LogP contribution is -2.19. The Bertz CT molecular complexity index is 1320. The van der Waals surface area contributed by atoms with Crippen LogP contribution in [0.5, 0.6) is 0 Å². The summed E-state index contributed by atoms with van der Waals surface area (Å²) in [5.74, 6) is 0. The number of rotatable bonds is 26. The zero-order chi connectivity index (χ0) is 37.3. The lowest BCUT2D eigenvalue weighted by Gasteiger charge is -2.34. The number of phosphoric ester groups is 1. The van der Waals surface area contributed by atoms with Crippen LogP contribution >= 0.6 is 15.6 Å². The fourth-order valence-corrected chi connectivity index (χ4v) is 6.42. The molecule has 0 fully saturated rings. The van der Waals surface area contributed by atoms with Crippen LogP contribution in [0.1, 0.15) is 152 Å². The van der Waals surface area contributed by atoms with Crippen molar-refractivity contribution in [3.63, 3.8) is 0 Å². The van der Waals surface area contributed by atoms with E-state index in [1.807, 2.05) is 6.92 Å². The summed E-state index contributed by atoms with van der Waals surface area (Å²) in [4.78, 5) is 32.1. The molecule has 1 atom stereocenters. The van der Waals surface area contributed by atoms with E-state index in [-0.39, 0.29) is 6.61 Å². The number of phosphoric acid groups is 2. The molecule has 9 heteroatoms. The van der Waals surface area contributed by atoms with Crippen LogP contribution in [0.25, 0.3) is 0 Å². The van der Waals surface area contributed by atoms with Gasteiger partial charge in [0.1, 0.15) is 0 Å². The number of hydrogen-bond acceptors (Lipinski definition) is 7. The highest BCUT2D eigenvalue weighted by molar-refractivity contribution is 7.58. The molecule has 0 aliphatic heterocycles. The van der Waals surface area contributed by atoms with Gasteiger partial charge in [0.2, 0.25) is 0 Å². The molecule has 280 valence electrons. The Hall–Kier alpha value is -1.82. The molecule has 0 aliphatic rings. The second kappa shape index (κ2) is 26.9. The maximum absolute atomic E-state index is 11.3. The Balaban J connectivity index is 4.28. The minimum Gasteiger partial charge on any atom is -0.790 e. The molecule has 0 spiro atoms. The van der Waals surface area contributed by atoms with Crippen molar-refractivity contribution in [2.75, 3.05) is 6.61 Å². The van der Waals surface area contributed by atoms with Crippen LogP contribution in [0, 0.1) is 0 Å². The van der Waals surface area contributed by atoms with E-state index >= 15 is 0 Å². The lowest BCUT2D eigenvalue weighted by molar-refractivity contribution is -0.339. The van der Waals surface area contributed by atoms with Crippen molar-refractivity contribution >= 4 is 15.6 Å². The number of allylic oxidation sites excluding steroid dienone is 15. The molecule has 0 saturated carbocycles. The molecule has 0 N–H and O–H groups in total. The highest BCUT2D eigenvalue weighted by Crippen LogP contribution is 2.50. The van der Waals surface area contributed by atoms with E-state index in [4.69, 9.17) is 0 Å². The largest absolute Gasteiger partial charge is 0.790 e. The van der Waals surface area contributed by atoms with E-state index in [2.05, 4.69) is 107 Å².